The van der Waals surface area contributed by atoms with Crippen molar-refractivity contribution in [3.05, 3.63) is 60.2 Å². The number of nitrogens with zero attached hydrogens (tertiary/aromatic N) is 2. The first-order chi connectivity index (χ1) is 13.1. The van der Waals surface area contributed by atoms with Crippen molar-refractivity contribution >= 4 is 12.0 Å². The molecule has 1 aromatic carbocycles. The largest absolute Gasteiger partial charge is 0.453 e. The summed E-state index contributed by atoms with van der Waals surface area (Å²) < 4.78 is 19.7. The fourth-order valence-electron chi connectivity index (χ4n) is 3.38. The van der Waals surface area contributed by atoms with E-state index in [0.717, 1.165) is 6.54 Å². The summed E-state index contributed by atoms with van der Waals surface area (Å²) in [6.45, 7) is 0.787. The van der Waals surface area contributed by atoms with Crippen LogP contribution in [0.1, 0.15) is 37.7 Å². The first kappa shape index (κ1) is 19.1. The lowest BCUT2D eigenvalue weighted by Gasteiger charge is -2.26. The van der Waals surface area contributed by atoms with Gasteiger partial charge in [0, 0.05) is 25.9 Å². The van der Waals surface area contributed by atoms with Gasteiger partial charge in [-0.3, -0.25) is 9.78 Å². The van der Waals surface area contributed by atoms with E-state index >= 15 is 0 Å². The number of carbonyl (C=O) groups is 1. The van der Waals surface area contributed by atoms with Gasteiger partial charge >= 0.3 is 0 Å². The molecule has 0 unspecified atom stereocenters. The Morgan fingerprint density at radius 1 is 1.30 bits per heavy atom. The molecule has 1 saturated carbocycles. The molecule has 5 heteroatoms. The van der Waals surface area contributed by atoms with Crippen LogP contribution < -0.4 is 4.74 Å². The zero-order valence-electron chi connectivity index (χ0n) is 15.6. The van der Waals surface area contributed by atoms with Crippen LogP contribution in [0.3, 0.4) is 0 Å². The smallest absolute Gasteiger partial charge is 0.246 e. The lowest BCUT2D eigenvalue weighted by Crippen LogP contribution is -2.31. The normalized spacial score (nSPS) is 15.0. The number of pyridine rings is 1. The summed E-state index contributed by atoms with van der Waals surface area (Å²) in [4.78, 5) is 18.0. The minimum Gasteiger partial charge on any atom is -0.453 e. The Bertz CT molecular complexity index is 786. The fourth-order valence-corrected chi connectivity index (χ4v) is 3.38. The predicted octanol–water partition coefficient (Wildman–Crippen LogP) is 5.06. The molecule has 1 aliphatic rings. The lowest BCUT2D eigenvalue weighted by atomic mass is 9.89. The Morgan fingerprint density at radius 3 is 2.81 bits per heavy atom. The summed E-state index contributed by atoms with van der Waals surface area (Å²) >= 11 is 0. The Kier molecular flexibility index (Phi) is 6.58. The molecule has 1 heterocycles. The van der Waals surface area contributed by atoms with Crippen molar-refractivity contribution in [3.8, 4) is 11.5 Å². The van der Waals surface area contributed by atoms with E-state index in [1.54, 1.807) is 41.4 Å². The molecular formula is C22H25FN2O2. The number of hydrogen-bond donors (Lipinski definition) is 0. The van der Waals surface area contributed by atoms with Gasteiger partial charge in [-0.2, -0.15) is 0 Å². The summed E-state index contributed by atoms with van der Waals surface area (Å²) in [7, 11) is 1.83. The first-order valence-corrected chi connectivity index (χ1v) is 9.42. The van der Waals surface area contributed by atoms with Gasteiger partial charge in [0.05, 0.1) is 6.20 Å². The van der Waals surface area contributed by atoms with Crippen molar-refractivity contribution in [2.24, 2.45) is 5.92 Å². The van der Waals surface area contributed by atoms with E-state index in [0.29, 0.717) is 17.2 Å². The van der Waals surface area contributed by atoms with Gasteiger partial charge in [0.1, 0.15) is 5.75 Å². The highest BCUT2D eigenvalue weighted by molar-refractivity contribution is 5.91. The summed E-state index contributed by atoms with van der Waals surface area (Å²) in [5, 5.41) is 0. The van der Waals surface area contributed by atoms with E-state index in [9.17, 15) is 9.18 Å². The van der Waals surface area contributed by atoms with Crippen LogP contribution in [0.5, 0.6) is 11.5 Å². The number of carbonyl (C=O) groups excluding carboxylic acids is 1. The molecule has 1 aromatic heterocycles. The lowest BCUT2D eigenvalue weighted by molar-refractivity contribution is -0.125. The van der Waals surface area contributed by atoms with Crippen LogP contribution in [0, 0.1) is 11.7 Å². The maximum atomic E-state index is 14.3. The minimum atomic E-state index is -0.482. The average molecular weight is 368 g/mol. The van der Waals surface area contributed by atoms with Crippen molar-refractivity contribution in [2.75, 3.05) is 13.6 Å². The second-order valence-electron chi connectivity index (χ2n) is 7.04. The third-order valence-electron chi connectivity index (χ3n) is 4.87. The third kappa shape index (κ3) is 5.64. The van der Waals surface area contributed by atoms with Crippen LogP contribution in [0.25, 0.3) is 6.08 Å². The topological polar surface area (TPSA) is 42.4 Å². The van der Waals surface area contributed by atoms with Crippen molar-refractivity contribution in [1.29, 1.82) is 0 Å². The highest BCUT2D eigenvalue weighted by atomic mass is 19.1. The highest BCUT2D eigenvalue weighted by Gasteiger charge is 2.17. The molecule has 0 radical (unpaired) electrons. The van der Waals surface area contributed by atoms with Crippen LogP contribution in [-0.4, -0.2) is 29.4 Å². The third-order valence-corrected chi connectivity index (χ3v) is 4.87. The van der Waals surface area contributed by atoms with E-state index in [2.05, 4.69) is 4.98 Å². The molecule has 4 nitrogen and oxygen atoms in total. The molecule has 27 heavy (non-hydrogen) atoms. The first-order valence-electron chi connectivity index (χ1n) is 9.42. The van der Waals surface area contributed by atoms with Gasteiger partial charge in [-0.25, -0.2) is 4.39 Å². The molecule has 0 atom stereocenters. The van der Waals surface area contributed by atoms with Crippen LogP contribution in [0.4, 0.5) is 4.39 Å². The van der Waals surface area contributed by atoms with Crippen molar-refractivity contribution < 1.29 is 13.9 Å². The quantitative estimate of drug-likeness (QED) is 0.669. The van der Waals surface area contributed by atoms with Gasteiger partial charge < -0.3 is 9.64 Å². The zero-order valence-corrected chi connectivity index (χ0v) is 15.6. The van der Waals surface area contributed by atoms with Gasteiger partial charge in [0.2, 0.25) is 5.91 Å². The number of hydrogen-bond acceptors (Lipinski definition) is 3. The number of ether oxygens (including phenoxy) is 1. The molecule has 142 valence electrons. The van der Waals surface area contributed by atoms with E-state index in [1.165, 1.54) is 50.4 Å². The molecule has 0 N–H and O–H groups in total. The van der Waals surface area contributed by atoms with Crippen molar-refractivity contribution in [1.82, 2.24) is 9.88 Å². The van der Waals surface area contributed by atoms with Crippen LogP contribution >= 0.6 is 0 Å². The van der Waals surface area contributed by atoms with E-state index in [-0.39, 0.29) is 11.7 Å². The Labute approximate surface area is 159 Å². The predicted molar refractivity (Wildman–Crippen MR) is 104 cm³/mol. The number of benzene rings is 1. The van der Waals surface area contributed by atoms with Gasteiger partial charge in [-0.1, -0.05) is 25.3 Å². The molecule has 3 rings (SSSR count). The molecule has 1 fully saturated rings. The summed E-state index contributed by atoms with van der Waals surface area (Å²) in [5.41, 5.74) is 0.616. The molecule has 0 spiro atoms. The van der Waals surface area contributed by atoms with Gasteiger partial charge in [0.25, 0.3) is 0 Å². The zero-order chi connectivity index (χ0) is 19.1. The molecule has 1 aliphatic carbocycles. The average Bonchev–Trinajstić information content (AvgIpc) is 2.69. The number of likely N-dealkylation sites (N-methyl/N-ethyl adjacent to an activating group) is 1. The molecule has 2 aromatic rings. The van der Waals surface area contributed by atoms with Crippen LogP contribution in [-0.2, 0) is 4.79 Å². The summed E-state index contributed by atoms with van der Waals surface area (Å²) in [5.74, 6) is 0.656. The molecular weight excluding hydrogens is 343 g/mol. The van der Waals surface area contributed by atoms with E-state index < -0.39 is 5.82 Å². The van der Waals surface area contributed by atoms with Gasteiger partial charge in [-0.05, 0) is 54.7 Å². The van der Waals surface area contributed by atoms with E-state index in [4.69, 9.17) is 4.74 Å². The monoisotopic (exact) mass is 368 g/mol. The van der Waals surface area contributed by atoms with Crippen LogP contribution in [0.2, 0.25) is 0 Å². The Morgan fingerprint density at radius 2 is 2.11 bits per heavy atom. The maximum Gasteiger partial charge on any atom is 0.246 e. The number of rotatable bonds is 6. The molecule has 0 bridgehead atoms. The second kappa shape index (κ2) is 9.31. The Balaban J connectivity index is 1.57. The number of amides is 1. The molecule has 0 saturated heterocycles. The SMILES string of the molecule is CN(CC1CCCCC1)C(=O)/C=C/c1ccc(Oc2cccnc2)c(F)c1. The number of aromatic nitrogens is 1. The number of halogens is 1. The van der Waals surface area contributed by atoms with Gasteiger partial charge in [-0.15, -0.1) is 0 Å². The maximum absolute atomic E-state index is 14.3. The molecule has 1 amide bonds. The van der Waals surface area contributed by atoms with Crippen molar-refractivity contribution in [2.45, 2.75) is 32.1 Å². The van der Waals surface area contributed by atoms with Crippen LogP contribution in [0.15, 0.2) is 48.8 Å². The summed E-state index contributed by atoms with van der Waals surface area (Å²) in [6, 6.07) is 8.06. The fraction of sp³-hybridized carbons (Fsp3) is 0.364. The van der Waals surface area contributed by atoms with Crippen molar-refractivity contribution in [3.63, 3.8) is 0 Å². The summed E-state index contributed by atoms with van der Waals surface area (Å²) in [6.07, 6.45) is 12.5. The minimum absolute atomic E-state index is 0.0586. The standard InChI is InChI=1S/C22H25FN2O2/c1-25(16-18-6-3-2-4-7-18)22(26)12-10-17-9-11-21(20(23)14-17)27-19-8-5-13-24-15-19/h5,8-15,18H,2-4,6-7,16H2,1H3/b12-10+. The molecule has 0 aliphatic heterocycles. The van der Waals surface area contributed by atoms with Gasteiger partial charge in [0.15, 0.2) is 11.6 Å². The second-order valence-corrected chi connectivity index (χ2v) is 7.04. The van der Waals surface area contributed by atoms with E-state index in [1.807, 2.05) is 7.05 Å². The highest BCUT2D eigenvalue weighted by Crippen LogP contribution is 2.25. The Hall–Kier alpha value is -2.69.